The molecule has 1 aliphatic heterocycles. The Labute approximate surface area is 146 Å². The number of hydrogen-bond acceptors (Lipinski definition) is 6. The van der Waals surface area contributed by atoms with Gasteiger partial charge in [-0.15, -0.1) is 17.5 Å². The maximum absolute atomic E-state index is 12.4. The number of nitrogens with two attached hydrogens (primary N) is 1. The molecular weight excluding hydrogens is 332 g/mol. The Balaban J connectivity index is 0.00000208. The van der Waals surface area contributed by atoms with E-state index in [0.29, 0.717) is 24.7 Å². The van der Waals surface area contributed by atoms with E-state index in [1.54, 1.807) is 4.68 Å². The van der Waals surface area contributed by atoms with Crippen LogP contribution in [0.1, 0.15) is 18.7 Å². The van der Waals surface area contributed by atoms with Crippen molar-refractivity contribution in [2.45, 2.75) is 25.8 Å². The van der Waals surface area contributed by atoms with Crippen LogP contribution in [0.15, 0.2) is 24.3 Å². The minimum atomic E-state index is -0.530. The Bertz CT molecular complexity index is 686. The van der Waals surface area contributed by atoms with Gasteiger partial charge < -0.3 is 15.8 Å². The van der Waals surface area contributed by atoms with Gasteiger partial charge in [0.2, 0.25) is 5.91 Å². The largest absolute Gasteiger partial charge is 0.381 e. The molecule has 0 aliphatic carbocycles. The summed E-state index contributed by atoms with van der Waals surface area (Å²) in [6.45, 7) is 3.14. The third-order valence-corrected chi connectivity index (χ3v) is 4.06. The van der Waals surface area contributed by atoms with E-state index in [-0.39, 0.29) is 24.2 Å². The molecule has 2 aromatic rings. The second-order valence-electron chi connectivity index (χ2n) is 5.65. The standard InChI is InChI=1S/C15H20N6O2.ClH/c1-10-18-19-20-21(10)13-4-2-3-12(9-13)17-15(22)14(16)11-5-7-23-8-6-11;/h2-4,9,11,14H,5-8,16H2,1H3,(H,17,22);1H. The van der Waals surface area contributed by atoms with Gasteiger partial charge in [0.05, 0.1) is 11.7 Å². The summed E-state index contributed by atoms with van der Waals surface area (Å²) in [5.41, 5.74) is 7.54. The van der Waals surface area contributed by atoms with Crippen LogP contribution in [0.4, 0.5) is 5.69 Å². The third kappa shape index (κ3) is 4.08. The van der Waals surface area contributed by atoms with E-state index in [0.717, 1.165) is 18.5 Å². The molecule has 1 amide bonds. The van der Waals surface area contributed by atoms with Crippen LogP contribution in [0.5, 0.6) is 0 Å². The fraction of sp³-hybridized carbons (Fsp3) is 0.467. The van der Waals surface area contributed by atoms with Gasteiger partial charge in [0.15, 0.2) is 5.82 Å². The monoisotopic (exact) mass is 352 g/mol. The Kier molecular flexibility index (Phi) is 6.24. The molecule has 0 radical (unpaired) electrons. The van der Waals surface area contributed by atoms with Crippen molar-refractivity contribution < 1.29 is 9.53 Å². The smallest absolute Gasteiger partial charge is 0.241 e. The quantitative estimate of drug-likeness (QED) is 0.852. The van der Waals surface area contributed by atoms with Crippen LogP contribution in [0.3, 0.4) is 0 Å². The fourth-order valence-corrected chi connectivity index (χ4v) is 2.70. The summed E-state index contributed by atoms with van der Waals surface area (Å²) in [6, 6.07) is 6.82. The van der Waals surface area contributed by atoms with E-state index in [9.17, 15) is 4.79 Å². The average Bonchev–Trinajstić information content (AvgIpc) is 3.01. The lowest BCUT2D eigenvalue weighted by molar-refractivity contribution is -0.119. The van der Waals surface area contributed by atoms with Crippen molar-refractivity contribution in [3.63, 3.8) is 0 Å². The molecule has 9 heteroatoms. The van der Waals surface area contributed by atoms with Crippen LogP contribution in [-0.4, -0.2) is 45.4 Å². The van der Waals surface area contributed by atoms with Crippen LogP contribution in [-0.2, 0) is 9.53 Å². The lowest BCUT2D eigenvalue weighted by atomic mass is 9.92. The summed E-state index contributed by atoms with van der Waals surface area (Å²) in [7, 11) is 0. The SMILES string of the molecule is Cc1nnnn1-c1cccc(NC(=O)C(N)C2CCOCC2)c1.Cl. The first kappa shape index (κ1) is 18.3. The molecule has 1 aliphatic rings. The van der Waals surface area contributed by atoms with Crippen LogP contribution in [0.25, 0.3) is 5.69 Å². The summed E-state index contributed by atoms with van der Waals surface area (Å²) < 4.78 is 6.91. The minimum absolute atomic E-state index is 0. The number of nitrogens with zero attached hydrogens (tertiary/aromatic N) is 4. The van der Waals surface area contributed by atoms with E-state index in [1.165, 1.54) is 0 Å². The lowest BCUT2D eigenvalue weighted by Crippen LogP contribution is -2.44. The average molecular weight is 353 g/mol. The molecule has 1 saturated heterocycles. The molecule has 1 atom stereocenters. The fourth-order valence-electron chi connectivity index (χ4n) is 2.70. The predicted octanol–water partition coefficient (Wildman–Crippen LogP) is 1.08. The van der Waals surface area contributed by atoms with Gasteiger partial charge in [0.1, 0.15) is 0 Å². The second kappa shape index (κ2) is 8.18. The lowest BCUT2D eigenvalue weighted by Gasteiger charge is -2.26. The number of tetrazole rings is 1. The molecular formula is C15H21ClN6O2. The van der Waals surface area contributed by atoms with Gasteiger partial charge in [-0.25, -0.2) is 0 Å². The normalized spacial score (nSPS) is 16.2. The van der Waals surface area contributed by atoms with Crippen molar-refractivity contribution >= 4 is 24.0 Å². The van der Waals surface area contributed by atoms with Crippen molar-refractivity contribution in [1.29, 1.82) is 0 Å². The Hall–Kier alpha value is -2.03. The number of carbonyl (C=O) groups excluding carboxylic acids is 1. The highest BCUT2D eigenvalue weighted by Gasteiger charge is 2.26. The molecule has 1 aromatic carbocycles. The van der Waals surface area contributed by atoms with E-state index >= 15 is 0 Å². The maximum Gasteiger partial charge on any atom is 0.241 e. The van der Waals surface area contributed by atoms with Gasteiger partial charge >= 0.3 is 0 Å². The van der Waals surface area contributed by atoms with E-state index in [4.69, 9.17) is 10.5 Å². The molecule has 0 spiro atoms. The topological polar surface area (TPSA) is 108 Å². The zero-order valence-corrected chi connectivity index (χ0v) is 14.2. The zero-order valence-electron chi connectivity index (χ0n) is 13.4. The van der Waals surface area contributed by atoms with Crippen LogP contribution in [0, 0.1) is 12.8 Å². The Morgan fingerprint density at radius 2 is 2.17 bits per heavy atom. The number of aromatic nitrogens is 4. The Morgan fingerprint density at radius 3 is 2.83 bits per heavy atom. The molecule has 2 heterocycles. The Morgan fingerprint density at radius 1 is 1.42 bits per heavy atom. The first-order chi connectivity index (χ1) is 11.1. The van der Waals surface area contributed by atoms with Crippen molar-refractivity contribution in [2.24, 2.45) is 11.7 Å². The summed E-state index contributed by atoms with van der Waals surface area (Å²) in [6.07, 6.45) is 1.64. The number of ether oxygens (including phenoxy) is 1. The van der Waals surface area contributed by atoms with Crippen molar-refractivity contribution in [3.8, 4) is 5.69 Å². The summed E-state index contributed by atoms with van der Waals surface area (Å²) >= 11 is 0. The number of anilines is 1. The molecule has 0 bridgehead atoms. The molecule has 24 heavy (non-hydrogen) atoms. The zero-order chi connectivity index (χ0) is 16.2. The first-order valence-electron chi connectivity index (χ1n) is 7.65. The highest BCUT2D eigenvalue weighted by molar-refractivity contribution is 5.95. The number of rotatable bonds is 4. The van der Waals surface area contributed by atoms with Crippen LogP contribution in [0.2, 0.25) is 0 Å². The van der Waals surface area contributed by atoms with E-state index in [1.807, 2.05) is 31.2 Å². The van der Waals surface area contributed by atoms with Gasteiger partial charge in [0.25, 0.3) is 0 Å². The third-order valence-electron chi connectivity index (χ3n) is 4.06. The number of benzene rings is 1. The number of halogens is 1. The summed E-state index contributed by atoms with van der Waals surface area (Å²) in [5.74, 6) is 0.656. The number of hydrogen-bond donors (Lipinski definition) is 2. The van der Waals surface area contributed by atoms with Gasteiger partial charge in [0, 0.05) is 18.9 Å². The molecule has 3 N–H and O–H groups in total. The highest BCUT2D eigenvalue weighted by atomic mass is 35.5. The highest BCUT2D eigenvalue weighted by Crippen LogP contribution is 2.20. The molecule has 1 aromatic heterocycles. The summed E-state index contributed by atoms with van der Waals surface area (Å²) in [5, 5.41) is 14.3. The van der Waals surface area contributed by atoms with Crippen molar-refractivity contribution in [2.75, 3.05) is 18.5 Å². The minimum Gasteiger partial charge on any atom is -0.381 e. The van der Waals surface area contributed by atoms with Crippen LogP contribution >= 0.6 is 12.4 Å². The predicted molar refractivity (Wildman–Crippen MR) is 91.3 cm³/mol. The molecule has 0 saturated carbocycles. The van der Waals surface area contributed by atoms with Gasteiger partial charge in [-0.2, -0.15) is 4.68 Å². The second-order valence-corrected chi connectivity index (χ2v) is 5.65. The molecule has 130 valence electrons. The van der Waals surface area contributed by atoms with Gasteiger partial charge in [-0.3, -0.25) is 4.79 Å². The molecule has 8 nitrogen and oxygen atoms in total. The number of aryl methyl sites for hydroxylation is 1. The molecule has 1 unspecified atom stereocenters. The molecule has 1 fully saturated rings. The number of carbonyl (C=O) groups is 1. The summed E-state index contributed by atoms with van der Waals surface area (Å²) in [4.78, 5) is 12.4. The van der Waals surface area contributed by atoms with Crippen LogP contribution < -0.4 is 11.1 Å². The molecule has 3 rings (SSSR count). The number of amides is 1. The first-order valence-corrected chi connectivity index (χ1v) is 7.65. The maximum atomic E-state index is 12.4. The van der Waals surface area contributed by atoms with Gasteiger partial charge in [-0.05, 0) is 54.3 Å². The van der Waals surface area contributed by atoms with Crippen molar-refractivity contribution in [3.05, 3.63) is 30.1 Å². The van der Waals surface area contributed by atoms with E-state index < -0.39 is 6.04 Å². The van der Waals surface area contributed by atoms with E-state index in [2.05, 4.69) is 20.8 Å². The van der Waals surface area contributed by atoms with Crippen molar-refractivity contribution in [1.82, 2.24) is 20.2 Å². The van der Waals surface area contributed by atoms with Gasteiger partial charge in [-0.1, -0.05) is 6.07 Å². The number of nitrogens with one attached hydrogen (secondary N) is 1.